The molecule has 1 atom stereocenters. The van der Waals surface area contributed by atoms with Crippen LogP contribution in [0.5, 0.6) is 0 Å². The molecule has 2 rings (SSSR count). The molecule has 0 radical (unpaired) electrons. The van der Waals surface area contributed by atoms with E-state index < -0.39 is 23.8 Å². The van der Waals surface area contributed by atoms with Crippen molar-refractivity contribution in [1.82, 2.24) is 10.3 Å². The summed E-state index contributed by atoms with van der Waals surface area (Å²) in [4.78, 5) is 39.5. The fraction of sp³-hybridized carbons (Fsp3) is 0.250. The molecular weight excluding hydrogens is 298 g/mol. The number of nitrogens with two attached hydrogens (primary N) is 1. The third-order valence-electron chi connectivity index (χ3n) is 3.22. The van der Waals surface area contributed by atoms with Crippen LogP contribution < -0.4 is 11.1 Å². The summed E-state index contributed by atoms with van der Waals surface area (Å²) >= 11 is 0. The lowest BCUT2D eigenvalue weighted by atomic mass is 10.1. The first-order chi connectivity index (χ1) is 11.0. The van der Waals surface area contributed by atoms with Gasteiger partial charge in [-0.2, -0.15) is 0 Å². The van der Waals surface area contributed by atoms with E-state index >= 15 is 0 Å². The van der Waals surface area contributed by atoms with Gasteiger partial charge in [0.1, 0.15) is 6.04 Å². The standard InChI is InChI=1S/C16H17N3O4/c1-2-23-14(20)9-13(15(17)21)19-16(22)11-7-8-18-12-6-4-3-5-10(11)12/h3-8,13H,2,9H2,1H3,(H2,17,21)(H,19,22)/t13-/m1/s1. The Morgan fingerprint density at radius 1 is 1.26 bits per heavy atom. The molecule has 0 aliphatic carbocycles. The summed E-state index contributed by atoms with van der Waals surface area (Å²) in [6, 6.07) is 7.53. The minimum atomic E-state index is -1.13. The summed E-state index contributed by atoms with van der Waals surface area (Å²) in [5, 5.41) is 3.12. The second kappa shape index (κ2) is 7.35. The van der Waals surface area contributed by atoms with Crippen molar-refractivity contribution in [3.8, 4) is 0 Å². The Balaban J connectivity index is 2.21. The van der Waals surface area contributed by atoms with Crippen molar-refractivity contribution >= 4 is 28.7 Å². The number of aromatic nitrogens is 1. The number of hydrogen-bond acceptors (Lipinski definition) is 5. The normalized spacial score (nSPS) is 11.7. The molecule has 2 amide bonds. The van der Waals surface area contributed by atoms with Gasteiger partial charge in [-0.25, -0.2) is 0 Å². The molecule has 1 heterocycles. The first-order valence-corrected chi connectivity index (χ1v) is 7.12. The molecule has 23 heavy (non-hydrogen) atoms. The van der Waals surface area contributed by atoms with Crippen LogP contribution in [-0.4, -0.2) is 35.4 Å². The maximum absolute atomic E-state index is 12.4. The smallest absolute Gasteiger partial charge is 0.308 e. The predicted molar refractivity (Wildman–Crippen MR) is 83.4 cm³/mol. The minimum Gasteiger partial charge on any atom is -0.466 e. The van der Waals surface area contributed by atoms with Gasteiger partial charge < -0.3 is 15.8 Å². The SMILES string of the molecule is CCOC(=O)C[C@@H](NC(=O)c1ccnc2ccccc12)C(N)=O. The number of carbonyl (C=O) groups excluding carboxylic acids is 3. The first-order valence-electron chi connectivity index (χ1n) is 7.12. The van der Waals surface area contributed by atoms with Crippen molar-refractivity contribution in [2.24, 2.45) is 5.73 Å². The lowest BCUT2D eigenvalue weighted by Gasteiger charge is -2.15. The highest BCUT2D eigenvalue weighted by atomic mass is 16.5. The van der Waals surface area contributed by atoms with Gasteiger partial charge in [-0.3, -0.25) is 19.4 Å². The van der Waals surface area contributed by atoms with Crippen molar-refractivity contribution in [3.63, 3.8) is 0 Å². The lowest BCUT2D eigenvalue weighted by Crippen LogP contribution is -2.46. The molecule has 0 fully saturated rings. The predicted octanol–water partition coefficient (Wildman–Crippen LogP) is 0.772. The molecule has 0 spiro atoms. The molecule has 0 saturated carbocycles. The summed E-state index contributed by atoms with van der Waals surface area (Å²) in [7, 11) is 0. The minimum absolute atomic E-state index is 0.188. The van der Waals surface area contributed by atoms with Crippen LogP contribution in [0.3, 0.4) is 0 Å². The fourth-order valence-corrected chi connectivity index (χ4v) is 2.14. The molecule has 0 aliphatic heterocycles. The van der Waals surface area contributed by atoms with Gasteiger partial charge >= 0.3 is 5.97 Å². The van der Waals surface area contributed by atoms with Crippen LogP contribution in [0.2, 0.25) is 0 Å². The number of benzene rings is 1. The number of amides is 2. The van der Waals surface area contributed by atoms with E-state index in [9.17, 15) is 14.4 Å². The zero-order valence-corrected chi connectivity index (χ0v) is 12.6. The van der Waals surface area contributed by atoms with Crippen molar-refractivity contribution in [1.29, 1.82) is 0 Å². The van der Waals surface area contributed by atoms with Crippen molar-refractivity contribution in [2.45, 2.75) is 19.4 Å². The lowest BCUT2D eigenvalue weighted by molar-refractivity contribution is -0.145. The number of rotatable bonds is 6. The van der Waals surface area contributed by atoms with Gasteiger partial charge in [-0.05, 0) is 19.1 Å². The summed E-state index contributed by atoms with van der Waals surface area (Å²) < 4.78 is 4.77. The maximum atomic E-state index is 12.4. The molecule has 2 aromatic rings. The molecule has 1 aromatic carbocycles. The molecule has 0 saturated heterocycles. The summed E-state index contributed by atoms with van der Waals surface area (Å²) in [5.74, 6) is -1.90. The number of ether oxygens (including phenoxy) is 1. The first kappa shape index (κ1) is 16.4. The number of carbonyl (C=O) groups is 3. The quantitative estimate of drug-likeness (QED) is 0.765. The number of fused-ring (bicyclic) bond motifs is 1. The van der Waals surface area contributed by atoms with E-state index in [1.165, 1.54) is 6.20 Å². The Bertz CT molecular complexity index is 740. The molecule has 0 bridgehead atoms. The molecule has 7 nitrogen and oxygen atoms in total. The second-order valence-electron chi connectivity index (χ2n) is 4.81. The molecular formula is C16H17N3O4. The van der Waals surface area contributed by atoms with Gasteiger partial charge in [0.15, 0.2) is 0 Å². The van der Waals surface area contributed by atoms with E-state index in [0.29, 0.717) is 16.5 Å². The highest BCUT2D eigenvalue weighted by Gasteiger charge is 2.23. The highest BCUT2D eigenvalue weighted by Crippen LogP contribution is 2.16. The van der Waals surface area contributed by atoms with Crippen LogP contribution >= 0.6 is 0 Å². The Morgan fingerprint density at radius 2 is 2.00 bits per heavy atom. The van der Waals surface area contributed by atoms with Gasteiger partial charge in [0, 0.05) is 11.6 Å². The molecule has 1 aromatic heterocycles. The van der Waals surface area contributed by atoms with Crippen LogP contribution in [0.1, 0.15) is 23.7 Å². The largest absolute Gasteiger partial charge is 0.466 e. The van der Waals surface area contributed by atoms with Crippen LogP contribution in [0.4, 0.5) is 0 Å². The third-order valence-corrected chi connectivity index (χ3v) is 3.22. The number of hydrogen-bond donors (Lipinski definition) is 2. The van der Waals surface area contributed by atoms with Crippen LogP contribution in [0.25, 0.3) is 10.9 Å². The third kappa shape index (κ3) is 4.03. The molecule has 3 N–H and O–H groups in total. The number of esters is 1. The van der Waals surface area contributed by atoms with Crippen molar-refractivity contribution in [3.05, 3.63) is 42.1 Å². The Labute approximate surface area is 132 Å². The number of para-hydroxylation sites is 1. The van der Waals surface area contributed by atoms with E-state index in [-0.39, 0.29) is 13.0 Å². The average molecular weight is 315 g/mol. The van der Waals surface area contributed by atoms with E-state index in [1.54, 1.807) is 31.2 Å². The summed E-state index contributed by atoms with van der Waals surface area (Å²) in [5.41, 5.74) is 6.25. The van der Waals surface area contributed by atoms with E-state index in [1.807, 2.05) is 6.07 Å². The summed E-state index contributed by atoms with van der Waals surface area (Å²) in [6.07, 6.45) is 1.19. The Hall–Kier alpha value is -2.96. The van der Waals surface area contributed by atoms with E-state index in [2.05, 4.69) is 10.3 Å². The molecule has 120 valence electrons. The number of pyridine rings is 1. The van der Waals surface area contributed by atoms with Crippen LogP contribution in [0, 0.1) is 0 Å². The Morgan fingerprint density at radius 3 is 2.70 bits per heavy atom. The van der Waals surface area contributed by atoms with E-state index in [4.69, 9.17) is 10.5 Å². The number of nitrogens with one attached hydrogen (secondary N) is 1. The van der Waals surface area contributed by atoms with Gasteiger partial charge in [0.2, 0.25) is 5.91 Å². The van der Waals surface area contributed by atoms with E-state index in [0.717, 1.165) is 0 Å². The highest BCUT2D eigenvalue weighted by molar-refractivity contribution is 6.07. The number of nitrogens with zero attached hydrogens (tertiary/aromatic N) is 1. The topological polar surface area (TPSA) is 111 Å². The van der Waals surface area contributed by atoms with Gasteiger partial charge in [0.25, 0.3) is 5.91 Å². The molecule has 7 heteroatoms. The number of primary amides is 1. The molecule has 0 unspecified atom stereocenters. The maximum Gasteiger partial charge on any atom is 0.308 e. The average Bonchev–Trinajstić information content (AvgIpc) is 2.53. The van der Waals surface area contributed by atoms with Crippen molar-refractivity contribution in [2.75, 3.05) is 6.61 Å². The van der Waals surface area contributed by atoms with Crippen molar-refractivity contribution < 1.29 is 19.1 Å². The fourth-order valence-electron chi connectivity index (χ4n) is 2.14. The van der Waals surface area contributed by atoms with Gasteiger partial charge in [-0.1, -0.05) is 18.2 Å². The Kier molecular flexibility index (Phi) is 5.24. The van der Waals surface area contributed by atoms with Crippen LogP contribution in [-0.2, 0) is 14.3 Å². The van der Waals surface area contributed by atoms with Gasteiger partial charge in [0.05, 0.1) is 24.1 Å². The zero-order chi connectivity index (χ0) is 16.8. The summed E-state index contributed by atoms with van der Waals surface area (Å²) in [6.45, 7) is 1.84. The second-order valence-corrected chi connectivity index (χ2v) is 4.81. The molecule has 0 aliphatic rings. The van der Waals surface area contributed by atoms with Crippen LogP contribution in [0.15, 0.2) is 36.5 Å². The van der Waals surface area contributed by atoms with Gasteiger partial charge in [-0.15, -0.1) is 0 Å². The zero-order valence-electron chi connectivity index (χ0n) is 12.6. The monoisotopic (exact) mass is 315 g/mol.